The quantitative estimate of drug-likeness (QED) is 0.516. The number of carbonyl (C=O) groups is 1. The minimum Gasteiger partial charge on any atom is -0.376 e. The number of amides is 1. The fourth-order valence-corrected chi connectivity index (χ4v) is 6.52. The Morgan fingerprint density at radius 3 is 2.97 bits per heavy atom. The van der Waals surface area contributed by atoms with Crippen LogP contribution in [0, 0.1) is 11.8 Å². The van der Waals surface area contributed by atoms with E-state index in [1.165, 1.54) is 22.2 Å². The third-order valence-corrected chi connectivity index (χ3v) is 7.94. The summed E-state index contributed by atoms with van der Waals surface area (Å²) in [7, 11) is 0. The average Bonchev–Trinajstić information content (AvgIpc) is 3.33. The highest BCUT2D eigenvalue weighted by atomic mass is 32.2. The Hall–Kier alpha value is -1.38. The largest absolute Gasteiger partial charge is 0.376 e. The smallest absolute Gasteiger partial charge is 0.263 e. The van der Waals surface area contributed by atoms with E-state index in [1.54, 1.807) is 15.9 Å². The Balaban J connectivity index is 1.56. The number of aryl methyl sites for hydroxylation is 1. The monoisotopic (exact) mass is 449 g/mol. The van der Waals surface area contributed by atoms with Crippen LogP contribution in [0.3, 0.4) is 0 Å². The van der Waals surface area contributed by atoms with Gasteiger partial charge in [0, 0.05) is 24.6 Å². The van der Waals surface area contributed by atoms with Crippen molar-refractivity contribution in [3.05, 3.63) is 20.8 Å². The summed E-state index contributed by atoms with van der Waals surface area (Å²) < 4.78 is 7.35. The minimum atomic E-state index is -0.0414. The van der Waals surface area contributed by atoms with Gasteiger partial charge in [0.25, 0.3) is 5.56 Å². The second kappa shape index (κ2) is 9.40. The number of hydrogen-bond acceptors (Lipinski definition) is 6. The Labute approximate surface area is 185 Å². The van der Waals surface area contributed by atoms with E-state index in [0.717, 1.165) is 48.9 Å². The average molecular weight is 450 g/mol. The molecule has 0 radical (unpaired) electrons. The molecule has 1 aliphatic heterocycles. The molecule has 164 valence electrons. The molecule has 0 saturated carbocycles. The number of thiophene rings is 1. The van der Waals surface area contributed by atoms with Crippen molar-refractivity contribution in [1.29, 1.82) is 0 Å². The minimum absolute atomic E-state index is 0.0414. The van der Waals surface area contributed by atoms with Crippen LogP contribution in [0.2, 0.25) is 0 Å². The normalized spacial score (nSPS) is 21.3. The van der Waals surface area contributed by atoms with Gasteiger partial charge in [-0.25, -0.2) is 4.98 Å². The molecule has 0 aromatic carbocycles. The van der Waals surface area contributed by atoms with Crippen LogP contribution < -0.4 is 10.9 Å². The Morgan fingerprint density at radius 1 is 1.40 bits per heavy atom. The number of thioether (sulfide) groups is 1. The summed E-state index contributed by atoms with van der Waals surface area (Å²) in [6, 6.07) is 0. The van der Waals surface area contributed by atoms with Crippen molar-refractivity contribution in [3.63, 3.8) is 0 Å². The Morgan fingerprint density at radius 2 is 2.23 bits per heavy atom. The van der Waals surface area contributed by atoms with Crippen LogP contribution in [0.1, 0.15) is 50.5 Å². The third kappa shape index (κ3) is 4.75. The van der Waals surface area contributed by atoms with Gasteiger partial charge in [-0.3, -0.25) is 14.2 Å². The van der Waals surface area contributed by atoms with E-state index < -0.39 is 0 Å². The van der Waals surface area contributed by atoms with Crippen molar-refractivity contribution in [2.24, 2.45) is 11.8 Å². The van der Waals surface area contributed by atoms with Gasteiger partial charge in [0.05, 0.1) is 17.2 Å². The van der Waals surface area contributed by atoms with Crippen molar-refractivity contribution in [2.75, 3.05) is 18.9 Å². The van der Waals surface area contributed by atoms with E-state index in [-0.39, 0.29) is 23.3 Å². The van der Waals surface area contributed by atoms with Gasteiger partial charge in [-0.2, -0.15) is 0 Å². The summed E-state index contributed by atoms with van der Waals surface area (Å²) in [5.41, 5.74) is 1.27. The molecule has 1 amide bonds. The van der Waals surface area contributed by atoms with Gasteiger partial charge in [0.15, 0.2) is 5.16 Å². The first kappa shape index (κ1) is 21.8. The van der Waals surface area contributed by atoms with Crippen molar-refractivity contribution in [3.8, 4) is 0 Å². The molecule has 2 aromatic heterocycles. The number of nitrogens with one attached hydrogen (secondary N) is 1. The molecular weight excluding hydrogens is 418 g/mol. The van der Waals surface area contributed by atoms with Crippen LogP contribution >= 0.6 is 23.1 Å². The highest BCUT2D eigenvalue weighted by Crippen LogP contribution is 2.36. The maximum Gasteiger partial charge on any atom is 0.263 e. The van der Waals surface area contributed by atoms with Crippen LogP contribution in [0.5, 0.6) is 0 Å². The lowest BCUT2D eigenvalue weighted by atomic mass is 9.89. The van der Waals surface area contributed by atoms with Gasteiger partial charge in [-0.15, -0.1) is 11.3 Å². The van der Waals surface area contributed by atoms with Crippen LogP contribution in [-0.2, 0) is 28.9 Å². The predicted molar refractivity (Wildman–Crippen MR) is 123 cm³/mol. The number of rotatable bonds is 7. The molecule has 1 aliphatic carbocycles. The van der Waals surface area contributed by atoms with Crippen molar-refractivity contribution >= 4 is 39.2 Å². The molecule has 1 N–H and O–H groups in total. The number of nitrogens with zero attached hydrogens (tertiary/aromatic N) is 2. The highest BCUT2D eigenvalue weighted by Gasteiger charge is 2.25. The van der Waals surface area contributed by atoms with Gasteiger partial charge in [-0.1, -0.05) is 32.5 Å². The zero-order chi connectivity index (χ0) is 21.3. The molecule has 0 bridgehead atoms. The molecule has 2 atom stereocenters. The standard InChI is InChI=1S/C22H31N3O3S2/c1-13(2)11-25-21(27)19-16-7-6-14(3)9-17(16)30-20(19)24-22(25)29-12-18(26)23-10-15-5-4-8-28-15/h13-15H,4-12H2,1-3H3,(H,23,26). The van der Waals surface area contributed by atoms with Crippen molar-refractivity contribution in [1.82, 2.24) is 14.9 Å². The first-order valence-electron chi connectivity index (χ1n) is 11.0. The number of hydrogen-bond donors (Lipinski definition) is 1. The SMILES string of the molecule is CC(C)Cn1c(SCC(=O)NCC2CCCO2)nc2sc3c(c2c1=O)CCC(C)C3. The lowest BCUT2D eigenvalue weighted by Crippen LogP contribution is -2.33. The molecular formula is C22H31N3O3S2. The lowest BCUT2D eigenvalue weighted by molar-refractivity contribution is -0.119. The summed E-state index contributed by atoms with van der Waals surface area (Å²) in [6.45, 7) is 8.43. The molecule has 3 heterocycles. The Kier molecular flexibility index (Phi) is 6.85. The highest BCUT2D eigenvalue weighted by molar-refractivity contribution is 7.99. The van der Waals surface area contributed by atoms with Crippen LogP contribution in [0.25, 0.3) is 10.2 Å². The van der Waals surface area contributed by atoms with Crippen molar-refractivity contribution < 1.29 is 9.53 Å². The molecule has 1 fully saturated rings. The van der Waals surface area contributed by atoms with Crippen molar-refractivity contribution in [2.45, 2.75) is 70.7 Å². The van der Waals surface area contributed by atoms with Gasteiger partial charge < -0.3 is 10.1 Å². The zero-order valence-corrected chi connectivity index (χ0v) is 19.7. The molecule has 6 nitrogen and oxygen atoms in total. The van der Waals surface area contributed by atoms with E-state index >= 15 is 0 Å². The summed E-state index contributed by atoms with van der Waals surface area (Å²) in [6.07, 6.45) is 5.32. The topological polar surface area (TPSA) is 73.2 Å². The lowest BCUT2D eigenvalue weighted by Gasteiger charge is -2.18. The maximum absolute atomic E-state index is 13.4. The second-order valence-electron chi connectivity index (χ2n) is 8.96. The molecule has 2 unspecified atom stereocenters. The first-order valence-corrected chi connectivity index (χ1v) is 12.8. The molecule has 30 heavy (non-hydrogen) atoms. The van der Waals surface area contributed by atoms with Gasteiger partial charge in [0.1, 0.15) is 4.83 Å². The zero-order valence-electron chi connectivity index (χ0n) is 18.0. The van der Waals surface area contributed by atoms with Gasteiger partial charge >= 0.3 is 0 Å². The van der Waals surface area contributed by atoms with Gasteiger partial charge in [-0.05, 0) is 49.5 Å². The van der Waals surface area contributed by atoms with E-state index in [0.29, 0.717) is 30.1 Å². The van der Waals surface area contributed by atoms with Crippen LogP contribution in [0.4, 0.5) is 0 Å². The van der Waals surface area contributed by atoms with E-state index in [4.69, 9.17) is 9.72 Å². The number of carbonyl (C=O) groups excluding carboxylic acids is 1. The second-order valence-corrected chi connectivity index (χ2v) is 11.0. The third-order valence-electron chi connectivity index (χ3n) is 5.81. The molecule has 2 aromatic rings. The molecule has 4 rings (SSSR count). The van der Waals surface area contributed by atoms with Gasteiger partial charge in [0.2, 0.25) is 5.91 Å². The molecule has 1 saturated heterocycles. The number of aromatic nitrogens is 2. The fourth-order valence-electron chi connectivity index (χ4n) is 4.26. The molecule has 2 aliphatic rings. The summed E-state index contributed by atoms with van der Waals surface area (Å²) >= 11 is 3.03. The summed E-state index contributed by atoms with van der Waals surface area (Å²) in [5, 5.41) is 4.42. The summed E-state index contributed by atoms with van der Waals surface area (Å²) in [5.74, 6) is 1.19. The molecule has 8 heteroatoms. The maximum atomic E-state index is 13.4. The molecule has 0 spiro atoms. The first-order chi connectivity index (χ1) is 14.4. The predicted octanol–water partition coefficient (Wildman–Crippen LogP) is 3.63. The number of fused-ring (bicyclic) bond motifs is 3. The van der Waals surface area contributed by atoms with E-state index in [1.807, 2.05) is 0 Å². The van der Waals surface area contributed by atoms with E-state index in [2.05, 4.69) is 26.1 Å². The Bertz CT molecular complexity index is 976. The fraction of sp³-hybridized carbons (Fsp3) is 0.682. The summed E-state index contributed by atoms with van der Waals surface area (Å²) in [4.78, 5) is 32.8. The van der Waals surface area contributed by atoms with Crippen LogP contribution in [-0.4, -0.2) is 40.5 Å². The number of ether oxygens (including phenoxy) is 1. The van der Waals surface area contributed by atoms with Crippen LogP contribution in [0.15, 0.2) is 9.95 Å². The van der Waals surface area contributed by atoms with E-state index in [9.17, 15) is 9.59 Å².